The highest BCUT2D eigenvalue weighted by Gasteiger charge is 2.33. The van der Waals surface area contributed by atoms with Gasteiger partial charge in [0.05, 0.1) is 17.5 Å². The number of aliphatic carboxylic acids is 1. The predicted octanol–water partition coefficient (Wildman–Crippen LogP) is 2.72. The molecule has 2 N–H and O–H groups in total. The van der Waals surface area contributed by atoms with Crippen molar-refractivity contribution in [3.8, 4) is 5.75 Å². The number of nitrogens with one attached hydrogen (secondary N) is 1. The highest BCUT2D eigenvalue weighted by Crippen LogP contribution is 2.31. The number of carbonyl (C=O) groups excluding carboxylic acids is 1. The van der Waals surface area contributed by atoms with E-state index in [1.165, 1.54) is 0 Å². The Hall–Kier alpha value is -1.75. The van der Waals surface area contributed by atoms with Gasteiger partial charge in [-0.05, 0) is 38.3 Å². The summed E-state index contributed by atoms with van der Waals surface area (Å²) in [4.78, 5) is 23.0. The normalized spacial score (nSPS) is 22.1. The van der Waals surface area contributed by atoms with Crippen LogP contribution in [0.25, 0.3) is 0 Å². The molecule has 0 bridgehead atoms. The molecule has 0 spiro atoms. The van der Waals surface area contributed by atoms with E-state index in [-0.39, 0.29) is 17.9 Å². The Kier molecular flexibility index (Phi) is 5.66. The van der Waals surface area contributed by atoms with Gasteiger partial charge in [-0.3, -0.25) is 9.59 Å². The van der Waals surface area contributed by atoms with E-state index >= 15 is 0 Å². The second-order valence-electron chi connectivity index (χ2n) is 5.65. The Bertz CT molecular complexity index is 549. The van der Waals surface area contributed by atoms with Crippen LogP contribution in [0.4, 0.5) is 0 Å². The van der Waals surface area contributed by atoms with Crippen molar-refractivity contribution >= 4 is 23.5 Å². The zero-order valence-electron chi connectivity index (χ0n) is 12.4. The zero-order valence-corrected chi connectivity index (χ0v) is 13.2. The van der Waals surface area contributed by atoms with Crippen LogP contribution >= 0.6 is 11.6 Å². The third kappa shape index (κ3) is 4.37. The van der Waals surface area contributed by atoms with E-state index in [1.54, 1.807) is 12.1 Å². The average molecular weight is 326 g/mol. The molecular formula is C16H20ClNO4. The topological polar surface area (TPSA) is 75.6 Å². The number of hydrogen-bond donors (Lipinski definition) is 2. The Balaban J connectivity index is 1.77. The maximum Gasteiger partial charge on any atom is 0.306 e. The highest BCUT2D eigenvalue weighted by atomic mass is 35.5. The van der Waals surface area contributed by atoms with Crippen LogP contribution in [-0.2, 0) is 9.59 Å². The van der Waals surface area contributed by atoms with Crippen LogP contribution in [0.15, 0.2) is 24.3 Å². The highest BCUT2D eigenvalue weighted by molar-refractivity contribution is 6.32. The molecule has 1 amide bonds. The van der Waals surface area contributed by atoms with E-state index in [9.17, 15) is 9.59 Å². The monoisotopic (exact) mass is 325 g/mol. The fourth-order valence-corrected chi connectivity index (χ4v) is 2.81. The summed E-state index contributed by atoms with van der Waals surface area (Å²) in [7, 11) is 0. The number of ether oxygens (including phenoxy) is 1. The number of carboxylic acids is 1. The van der Waals surface area contributed by atoms with E-state index in [4.69, 9.17) is 21.4 Å². The molecule has 6 heteroatoms. The molecule has 120 valence electrons. The summed E-state index contributed by atoms with van der Waals surface area (Å²) in [6.07, 6.45) is 1.39. The molecule has 1 aromatic rings. The van der Waals surface area contributed by atoms with E-state index in [0.29, 0.717) is 36.6 Å². The molecule has 3 atom stereocenters. The summed E-state index contributed by atoms with van der Waals surface area (Å²) in [6.45, 7) is 2.20. The van der Waals surface area contributed by atoms with Gasteiger partial charge in [-0.2, -0.15) is 0 Å². The van der Waals surface area contributed by atoms with Gasteiger partial charge in [-0.1, -0.05) is 23.7 Å². The van der Waals surface area contributed by atoms with Gasteiger partial charge in [0.25, 0.3) is 0 Å². The third-order valence-corrected chi connectivity index (χ3v) is 4.19. The Morgan fingerprint density at radius 1 is 1.36 bits per heavy atom. The molecule has 0 radical (unpaired) electrons. The van der Waals surface area contributed by atoms with Gasteiger partial charge in [0.15, 0.2) is 0 Å². The number of benzene rings is 1. The van der Waals surface area contributed by atoms with E-state index < -0.39 is 11.9 Å². The molecule has 1 unspecified atom stereocenters. The van der Waals surface area contributed by atoms with Gasteiger partial charge >= 0.3 is 5.97 Å². The number of carbonyl (C=O) groups is 2. The van der Waals surface area contributed by atoms with Gasteiger partial charge in [0, 0.05) is 5.92 Å². The molecule has 1 aromatic carbocycles. The molecule has 22 heavy (non-hydrogen) atoms. The van der Waals surface area contributed by atoms with Crippen LogP contribution in [0.1, 0.15) is 26.2 Å². The number of para-hydroxylation sites is 1. The second kappa shape index (κ2) is 7.49. The SMILES string of the molecule is CC(CNC(=O)[C@@H]1CC[C@H](C(=O)O)C1)Oc1ccccc1Cl. The zero-order chi connectivity index (χ0) is 16.1. The van der Waals surface area contributed by atoms with Gasteiger partial charge in [-0.25, -0.2) is 0 Å². The van der Waals surface area contributed by atoms with Crippen LogP contribution in [0.5, 0.6) is 5.75 Å². The first-order chi connectivity index (χ1) is 10.5. The van der Waals surface area contributed by atoms with Gasteiger partial charge in [0.2, 0.25) is 5.91 Å². The Morgan fingerprint density at radius 2 is 2.05 bits per heavy atom. The van der Waals surface area contributed by atoms with Gasteiger partial charge < -0.3 is 15.2 Å². The minimum Gasteiger partial charge on any atom is -0.487 e. The van der Waals surface area contributed by atoms with Crippen molar-refractivity contribution in [3.05, 3.63) is 29.3 Å². The number of amides is 1. The summed E-state index contributed by atoms with van der Waals surface area (Å²) >= 11 is 6.01. The minimum atomic E-state index is -0.814. The van der Waals surface area contributed by atoms with E-state index in [2.05, 4.69) is 5.32 Å². The van der Waals surface area contributed by atoms with Gasteiger partial charge in [0.1, 0.15) is 11.9 Å². The fraction of sp³-hybridized carbons (Fsp3) is 0.500. The molecule has 1 fully saturated rings. The first-order valence-corrected chi connectivity index (χ1v) is 7.77. The lowest BCUT2D eigenvalue weighted by molar-refractivity contribution is -0.141. The lowest BCUT2D eigenvalue weighted by Gasteiger charge is -2.17. The largest absolute Gasteiger partial charge is 0.487 e. The standard InChI is InChI=1S/C16H20ClNO4/c1-10(22-14-5-3-2-4-13(14)17)9-18-15(19)11-6-7-12(8-11)16(20)21/h2-5,10-12H,6-9H2,1H3,(H,18,19)(H,20,21)/t10?,11-,12+/m1/s1. The molecule has 0 aromatic heterocycles. The van der Waals surface area contributed by atoms with E-state index in [0.717, 1.165) is 0 Å². The number of carboxylic acid groups (broad SMARTS) is 1. The van der Waals surface area contributed by atoms with Gasteiger partial charge in [-0.15, -0.1) is 0 Å². The van der Waals surface area contributed by atoms with Crippen LogP contribution < -0.4 is 10.1 Å². The van der Waals surface area contributed by atoms with Crippen LogP contribution in [0.2, 0.25) is 5.02 Å². The lowest BCUT2D eigenvalue weighted by atomic mass is 10.0. The average Bonchev–Trinajstić information content (AvgIpc) is 2.97. The maximum atomic E-state index is 12.1. The van der Waals surface area contributed by atoms with Crippen molar-refractivity contribution < 1.29 is 19.4 Å². The van der Waals surface area contributed by atoms with Crippen molar-refractivity contribution in [2.45, 2.75) is 32.3 Å². The second-order valence-corrected chi connectivity index (χ2v) is 6.06. The van der Waals surface area contributed by atoms with Crippen molar-refractivity contribution in [1.82, 2.24) is 5.32 Å². The first-order valence-electron chi connectivity index (χ1n) is 7.39. The summed E-state index contributed by atoms with van der Waals surface area (Å²) in [5, 5.41) is 12.3. The molecule has 1 saturated carbocycles. The molecule has 0 heterocycles. The third-order valence-electron chi connectivity index (χ3n) is 3.88. The molecule has 2 rings (SSSR count). The van der Waals surface area contributed by atoms with Crippen molar-refractivity contribution in [1.29, 1.82) is 0 Å². The Labute approximate surface area is 134 Å². The van der Waals surface area contributed by atoms with Crippen molar-refractivity contribution in [3.63, 3.8) is 0 Å². The summed E-state index contributed by atoms with van der Waals surface area (Å²) in [5.74, 6) is -0.942. The summed E-state index contributed by atoms with van der Waals surface area (Å²) in [5.41, 5.74) is 0. The molecule has 0 saturated heterocycles. The minimum absolute atomic E-state index is 0.0987. The number of halogens is 1. The molecule has 0 aliphatic heterocycles. The lowest BCUT2D eigenvalue weighted by Crippen LogP contribution is -2.36. The summed E-state index contributed by atoms with van der Waals surface area (Å²) in [6, 6.07) is 7.17. The molecular weight excluding hydrogens is 306 g/mol. The van der Waals surface area contributed by atoms with Crippen molar-refractivity contribution in [2.24, 2.45) is 11.8 Å². The van der Waals surface area contributed by atoms with Crippen LogP contribution in [0, 0.1) is 11.8 Å². The number of rotatable bonds is 6. The molecule has 5 nitrogen and oxygen atoms in total. The molecule has 1 aliphatic carbocycles. The fourth-order valence-electron chi connectivity index (χ4n) is 2.63. The van der Waals surface area contributed by atoms with Crippen LogP contribution in [0.3, 0.4) is 0 Å². The van der Waals surface area contributed by atoms with Crippen LogP contribution in [-0.4, -0.2) is 29.6 Å². The first kappa shape index (κ1) is 16.6. The molecule has 1 aliphatic rings. The smallest absolute Gasteiger partial charge is 0.306 e. The quantitative estimate of drug-likeness (QED) is 0.843. The number of hydrogen-bond acceptors (Lipinski definition) is 3. The van der Waals surface area contributed by atoms with Crippen molar-refractivity contribution in [2.75, 3.05) is 6.54 Å². The summed E-state index contributed by atoms with van der Waals surface area (Å²) < 4.78 is 5.68. The predicted molar refractivity (Wildman–Crippen MR) is 83.0 cm³/mol. The van der Waals surface area contributed by atoms with E-state index in [1.807, 2.05) is 19.1 Å². The Morgan fingerprint density at radius 3 is 2.68 bits per heavy atom. The maximum absolute atomic E-state index is 12.1.